The fourth-order valence-electron chi connectivity index (χ4n) is 2.52. The summed E-state index contributed by atoms with van der Waals surface area (Å²) >= 11 is 1.86. The second kappa shape index (κ2) is 5.78. The molecular weight excluding hydrogens is 278 g/mol. The van der Waals surface area contributed by atoms with Crippen molar-refractivity contribution in [2.75, 3.05) is 11.4 Å². The van der Waals surface area contributed by atoms with Crippen LogP contribution >= 0.6 is 11.3 Å². The average Bonchev–Trinajstić information content (AvgIpc) is 2.87. The molecule has 3 nitrogen and oxygen atoms in total. The molecule has 1 aliphatic rings. The third-order valence-electron chi connectivity index (χ3n) is 3.67. The highest BCUT2D eigenvalue weighted by Crippen LogP contribution is 2.28. The molecule has 0 spiro atoms. The smallest absolute Gasteiger partial charge is 0.107 e. The SMILES string of the molecule is CC(C)(C)NCc1nc2c(s1)CN(c1ccccc1)CC2. The van der Waals surface area contributed by atoms with Crippen LogP contribution in [-0.4, -0.2) is 17.1 Å². The molecule has 0 saturated heterocycles. The number of hydrogen-bond donors (Lipinski definition) is 1. The molecule has 4 heteroatoms. The van der Waals surface area contributed by atoms with E-state index in [0.29, 0.717) is 0 Å². The van der Waals surface area contributed by atoms with Gasteiger partial charge in [0.1, 0.15) is 5.01 Å². The van der Waals surface area contributed by atoms with Crippen LogP contribution in [0.4, 0.5) is 5.69 Å². The molecule has 1 N–H and O–H groups in total. The minimum atomic E-state index is 0.141. The maximum absolute atomic E-state index is 4.81. The third kappa shape index (κ3) is 3.63. The molecule has 1 aromatic carbocycles. The summed E-state index contributed by atoms with van der Waals surface area (Å²) in [5.74, 6) is 0. The molecule has 0 amide bonds. The van der Waals surface area contributed by atoms with E-state index in [2.05, 4.69) is 61.3 Å². The molecule has 1 aromatic heterocycles. The molecule has 2 aromatic rings. The van der Waals surface area contributed by atoms with Crippen molar-refractivity contribution in [3.63, 3.8) is 0 Å². The standard InChI is InChI=1S/C17H23N3S/c1-17(2,3)18-11-16-19-14-9-10-20(12-15(14)21-16)13-7-5-4-6-8-13/h4-8,18H,9-12H2,1-3H3. The molecule has 3 rings (SSSR count). The highest BCUT2D eigenvalue weighted by atomic mass is 32.1. The van der Waals surface area contributed by atoms with Gasteiger partial charge >= 0.3 is 0 Å². The zero-order valence-corrected chi connectivity index (χ0v) is 13.8. The van der Waals surface area contributed by atoms with E-state index in [1.807, 2.05) is 11.3 Å². The molecule has 21 heavy (non-hydrogen) atoms. The Morgan fingerprint density at radius 1 is 1.24 bits per heavy atom. The Hall–Kier alpha value is -1.39. The first-order chi connectivity index (χ1) is 10.0. The van der Waals surface area contributed by atoms with E-state index in [4.69, 9.17) is 4.98 Å². The van der Waals surface area contributed by atoms with Gasteiger partial charge in [-0.25, -0.2) is 4.98 Å². The van der Waals surface area contributed by atoms with Crippen LogP contribution in [0.25, 0.3) is 0 Å². The van der Waals surface area contributed by atoms with Gasteiger partial charge in [0.05, 0.1) is 12.2 Å². The topological polar surface area (TPSA) is 28.2 Å². The number of aromatic nitrogens is 1. The molecule has 0 radical (unpaired) electrons. The van der Waals surface area contributed by atoms with Crippen LogP contribution in [0.5, 0.6) is 0 Å². The summed E-state index contributed by atoms with van der Waals surface area (Å²) in [6.07, 6.45) is 1.05. The van der Waals surface area contributed by atoms with Crippen LogP contribution in [0, 0.1) is 0 Å². The molecule has 0 saturated carbocycles. The van der Waals surface area contributed by atoms with Gasteiger partial charge in [-0.2, -0.15) is 0 Å². The van der Waals surface area contributed by atoms with Crippen molar-refractivity contribution in [3.05, 3.63) is 45.9 Å². The Balaban J connectivity index is 1.70. The highest BCUT2D eigenvalue weighted by Gasteiger charge is 2.21. The molecule has 1 aliphatic heterocycles. The maximum Gasteiger partial charge on any atom is 0.107 e. The Morgan fingerprint density at radius 2 is 2.00 bits per heavy atom. The number of nitrogens with zero attached hydrogens (tertiary/aromatic N) is 2. The van der Waals surface area contributed by atoms with E-state index in [-0.39, 0.29) is 5.54 Å². The Labute approximate surface area is 131 Å². The normalized spacial score (nSPS) is 15.1. The van der Waals surface area contributed by atoms with Gasteiger partial charge in [-0.15, -0.1) is 11.3 Å². The van der Waals surface area contributed by atoms with Crippen molar-refractivity contribution in [2.24, 2.45) is 0 Å². The maximum atomic E-state index is 4.81. The van der Waals surface area contributed by atoms with Crippen molar-refractivity contribution >= 4 is 17.0 Å². The number of benzene rings is 1. The highest BCUT2D eigenvalue weighted by molar-refractivity contribution is 7.11. The van der Waals surface area contributed by atoms with Crippen molar-refractivity contribution < 1.29 is 0 Å². The van der Waals surface area contributed by atoms with Crippen LogP contribution < -0.4 is 10.2 Å². The first kappa shape index (κ1) is 14.5. The van der Waals surface area contributed by atoms with Crippen LogP contribution in [0.3, 0.4) is 0 Å². The van der Waals surface area contributed by atoms with Crippen LogP contribution in [-0.2, 0) is 19.5 Å². The zero-order chi connectivity index (χ0) is 14.9. The van der Waals surface area contributed by atoms with Crippen molar-refractivity contribution in [1.29, 1.82) is 0 Å². The predicted octanol–water partition coefficient (Wildman–Crippen LogP) is 3.59. The summed E-state index contributed by atoms with van der Waals surface area (Å²) in [4.78, 5) is 8.68. The lowest BCUT2D eigenvalue weighted by Gasteiger charge is -2.28. The molecule has 0 fully saturated rings. The summed E-state index contributed by atoms with van der Waals surface area (Å²) in [5.41, 5.74) is 2.76. The zero-order valence-electron chi connectivity index (χ0n) is 13.0. The number of fused-ring (bicyclic) bond motifs is 1. The van der Waals surface area contributed by atoms with Gasteiger partial charge in [0.15, 0.2) is 0 Å². The second-order valence-electron chi connectivity index (χ2n) is 6.59. The fraction of sp³-hybridized carbons (Fsp3) is 0.471. The van der Waals surface area contributed by atoms with Gasteiger partial charge in [0.2, 0.25) is 0 Å². The van der Waals surface area contributed by atoms with Gasteiger partial charge in [-0.3, -0.25) is 0 Å². The van der Waals surface area contributed by atoms with Gasteiger partial charge < -0.3 is 10.2 Å². The molecule has 0 bridgehead atoms. The monoisotopic (exact) mass is 301 g/mol. The average molecular weight is 301 g/mol. The molecule has 2 heterocycles. The molecular formula is C17H23N3S. The number of thiazole rings is 1. The number of para-hydroxylation sites is 1. The van der Waals surface area contributed by atoms with Gasteiger partial charge in [-0.05, 0) is 32.9 Å². The summed E-state index contributed by atoms with van der Waals surface area (Å²) in [6.45, 7) is 9.50. The van der Waals surface area contributed by atoms with Crippen LogP contribution in [0.15, 0.2) is 30.3 Å². The number of anilines is 1. The van der Waals surface area contributed by atoms with Crippen molar-refractivity contribution in [3.8, 4) is 0 Å². The summed E-state index contributed by atoms with van der Waals surface area (Å²) in [5, 5.41) is 4.74. The Bertz CT molecular complexity index is 598. The quantitative estimate of drug-likeness (QED) is 0.939. The third-order valence-corrected chi connectivity index (χ3v) is 4.75. The lowest BCUT2D eigenvalue weighted by Crippen LogP contribution is -2.35. The molecule has 0 unspecified atom stereocenters. The van der Waals surface area contributed by atoms with E-state index in [0.717, 1.165) is 26.1 Å². The minimum absolute atomic E-state index is 0.141. The molecule has 0 atom stereocenters. The van der Waals surface area contributed by atoms with Crippen molar-refractivity contribution in [2.45, 2.75) is 45.8 Å². The lowest BCUT2D eigenvalue weighted by molar-refractivity contribution is 0.423. The number of hydrogen-bond acceptors (Lipinski definition) is 4. The molecule has 0 aliphatic carbocycles. The minimum Gasteiger partial charge on any atom is -0.366 e. The van der Waals surface area contributed by atoms with E-state index >= 15 is 0 Å². The van der Waals surface area contributed by atoms with Crippen LogP contribution in [0.1, 0.15) is 36.3 Å². The Kier molecular flexibility index (Phi) is 4.00. The first-order valence-corrected chi connectivity index (χ1v) is 8.35. The Morgan fingerprint density at radius 3 is 2.71 bits per heavy atom. The largest absolute Gasteiger partial charge is 0.366 e. The predicted molar refractivity (Wildman–Crippen MR) is 89.9 cm³/mol. The van der Waals surface area contributed by atoms with E-state index in [9.17, 15) is 0 Å². The number of rotatable bonds is 3. The summed E-state index contributed by atoms with van der Waals surface area (Å²) < 4.78 is 0. The van der Waals surface area contributed by atoms with Gasteiger partial charge in [0, 0.05) is 35.6 Å². The number of nitrogens with one attached hydrogen (secondary N) is 1. The van der Waals surface area contributed by atoms with E-state index in [1.165, 1.54) is 21.3 Å². The fourth-order valence-corrected chi connectivity index (χ4v) is 3.60. The second-order valence-corrected chi connectivity index (χ2v) is 7.76. The van der Waals surface area contributed by atoms with E-state index < -0.39 is 0 Å². The van der Waals surface area contributed by atoms with E-state index in [1.54, 1.807) is 0 Å². The lowest BCUT2D eigenvalue weighted by atomic mass is 10.1. The van der Waals surface area contributed by atoms with Gasteiger partial charge in [0.25, 0.3) is 0 Å². The van der Waals surface area contributed by atoms with Crippen LogP contribution in [0.2, 0.25) is 0 Å². The van der Waals surface area contributed by atoms with Gasteiger partial charge in [-0.1, -0.05) is 18.2 Å². The molecule has 112 valence electrons. The summed E-state index contributed by atoms with van der Waals surface area (Å²) in [6, 6.07) is 10.7. The van der Waals surface area contributed by atoms with Crippen molar-refractivity contribution in [1.82, 2.24) is 10.3 Å². The summed E-state index contributed by atoms with van der Waals surface area (Å²) in [7, 11) is 0. The first-order valence-electron chi connectivity index (χ1n) is 7.54.